The lowest BCUT2D eigenvalue weighted by molar-refractivity contribution is -0.0505. The van der Waals surface area contributed by atoms with Gasteiger partial charge in [-0.15, -0.1) is 35.3 Å². The summed E-state index contributed by atoms with van der Waals surface area (Å²) in [5, 5.41) is 7.17. The van der Waals surface area contributed by atoms with Crippen molar-refractivity contribution in [3.05, 3.63) is 33.8 Å². The molecule has 2 aromatic rings. The summed E-state index contributed by atoms with van der Waals surface area (Å²) >= 11 is 1.63. The molecule has 1 aliphatic rings. The second-order valence-corrected chi connectivity index (χ2v) is 6.74. The Morgan fingerprint density at radius 3 is 2.64 bits per heavy atom. The van der Waals surface area contributed by atoms with Crippen LogP contribution in [0, 0.1) is 0 Å². The van der Waals surface area contributed by atoms with Gasteiger partial charge in [-0.3, -0.25) is 4.99 Å². The van der Waals surface area contributed by atoms with Crippen molar-refractivity contribution in [1.82, 2.24) is 15.6 Å². The van der Waals surface area contributed by atoms with E-state index < -0.39 is 6.61 Å². The summed E-state index contributed by atoms with van der Waals surface area (Å²) in [5.41, 5.74) is 0.505. The fraction of sp³-hybridized carbons (Fsp3) is 0.412. The van der Waals surface area contributed by atoms with Gasteiger partial charge in [-0.25, -0.2) is 4.98 Å². The number of aryl methyl sites for hydroxylation is 1. The second kappa shape index (κ2) is 10.6. The van der Waals surface area contributed by atoms with E-state index in [-0.39, 0.29) is 43.1 Å². The van der Waals surface area contributed by atoms with Crippen LogP contribution < -0.4 is 24.8 Å². The minimum atomic E-state index is -2.93. The smallest absolute Gasteiger partial charge is 0.387 e. The van der Waals surface area contributed by atoms with Gasteiger partial charge in [0.2, 0.25) is 6.79 Å². The van der Waals surface area contributed by atoms with Crippen molar-refractivity contribution in [2.75, 3.05) is 13.8 Å². The maximum absolute atomic E-state index is 12.7. The number of benzene rings is 1. The number of aromatic nitrogens is 1. The molecule has 2 N–H and O–H groups in total. The highest BCUT2D eigenvalue weighted by Crippen LogP contribution is 2.38. The first kappa shape index (κ1) is 22.4. The van der Waals surface area contributed by atoms with E-state index in [1.54, 1.807) is 24.5 Å². The van der Waals surface area contributed by atoms with E-state index in [0.717, 1.165) is 11.4 Å². The minimum Gasteiger partial charge on any atom is -0.454 e. The SMILES string of the molecule is CCc1cnc(CNC(=NC)NCc2cc3c(cc2OC(F)F)OCO3)s1.I. The molecule has 0 saturated carbocycles. The molecule has 1 aromatic heterocycles. The zero-order valence-electron chi connectivity index (χ0n) is 15.3. The Kier molecular flexibility index (Phi) is 8.48. The quantitative estimate of drug-likeness (QED) is 0.327. The number of rotatable bonds is 7. The predicted octanol–water partition coefficient (Wildman–Crippen LogP) is 3.52. The third-order valence-corrected chi connectivity index (χ3v) is 4.94. The third kappa shape index (κ3) is 5.80. The molecule has 7 nitrogen and oxygen atoms in total. The molecule has 1 aliphatic heterocycles. The van der Waals surface area contributed by atoms with E-state index in [9.17, 15) is 8.78 Å². The number of hydrogen-bond acceptors (Lipinski definition) is 6. The lowest BCUT2D eigenvalue weighted by Crippen LogP contribution is -2.36. The van der Waals surface area contributed by atoms with Gasteiger partial charge in [0.15, 0.2) is 17.5 Å². The number of hydrogen-bond donors (Lipinski definition) is 2. The summed E-state index contributed by atoms with van der Waals surface area (Å²) in [6, 6.07) is 3.03. The summed E-state index contributed by atoms with van der Waals surface area (Å²) < 4.78 is 40.5. The van der Waals surface area contributed by atoms with Gasteiger partial charge in [-0.1, -0.05) is 6.92 Å². The molecule has 28 heavy (non-hydrogen) atoms. The lowest BCUT2D eigenvalue weighted by atomic mass is 10.1. The fourth-order valence-corrected chi connectivity index (χ4v) is 3.26. The number of nitrogens with one attached hydrogen (secondary N) is 2. The molecule has 1 aromatic carbocycles. The Labute approximate surface area is 182 Å². The molecule has 11 heteroatoms. The summed E-state index contributed by atoms with van der Waals surface area (Å²) in [7, 11) is 1.63. The number of thiazole rings is 1. The second-order valence-electron chi connectivity index (χ2n) is 5.54. The molecular formula is C17H21F2IN4O3S. The molecule has 0 fully saturated rings. The van der Waals surface area contributed by atoms with Crippen LogP contribution in [-0.2, 0) is 19.5 Å². The number of halogens is 3. The van der Waals surface area contributed by atoms with Crippen LogP contribution in [-0.4, -0.2) is 31.4 Å². The number of nitrogens with zero attached hydrogens (tertiary/aromatic N) is 2. The van der Waals surface area contributed by atoms with Crippen LogP contribution in [0.25, 0.3) is 0 Å². The molecule has 0 aliphatic carbocycles. The van der Waals surface area contributed by atoms with Gasteiger partial charge < -0.3 is 24.8 Å². The summed E-state index contributed by atoms with van der Waals surface area (Å²) in [6.45, 7) is -0.0612. The molecule has 0 bridgehead atoms. The average Bonchev–Trinajstić information content (AvgIpc) is 3.29. The topological polar surface area (TPSA) is 77.0 Å². The monoisotopic (exact) mass is 526 g/mol. The van der Waals surface area contributed by atoms with Crippen LogP contribution in [0.5, 0.6) is 17.2 Å². The van der Waals surface area contributed by atoms with E-state index in [1.807, 2.05) is 6.20 Å². The number of guanidine groups is 1. The maximum Gasteiger partial charge on any atom is 0.387 e. The molecule has 0 radical (unpaired) electrons. The van der Waals surface area contributed by atoms with Gasteiger partial charge in [0, 0.05) is 36.3 Å². The number of ether oxygens (including phenoxy) is 3. The fourth-order valence-electron chi connectivity index (χ4n) is 2.46. The molecule has 154 valence electrons. The first-order chi connectivity index (χ1) is 13.1. The Bertz CT molecular complexity index is 820. The van der Waals surface area contributed by atoms with E-state index >= 15 is 0 Å². The number of fused-ring (bicyclic) bond motifs is 1. The highest BCUT2D eigenvalue weighted by molar-refractivity contribution is 14.0. The van der Waals surface area contributed by atoms with Crippen molar-refractivity contribution in [3.8, 4) is 17.2 Å². The van der Waals surface area contributed by atoms with Gasteiger partial charge in [0.05, 0.1) is 6.54 Å². The van der Waals surface area contributed by atoms with Gasteiger partial charge in [0.1, 0.15) is 10.8 Å². The van der Waals surface area contributed by atoms with Crippen molar-refractivity contribution < 1.29 is 23.0 Å². The van der Waals surface area contributed by atoms with Crippen LogP contribution in [0.3, 0.4) is 0 Å². The minimum absolute atomic E-state index is 0. The van der Waals surface area contributed by atoms with Crippen molar-refractivity contribution in [1.29, 1.82) is 0 Å². The van der Waals surface area contributed by atoms with E-state index in [0.29, 0.717) is 29.6 Å². The van der Waals surface area contributed by atoms with Gasteiger partial charge in [-0.2, -0.15) is 8.78 Å². The Morgan fingerprint density at radius 1 is 1.29 bits per heavy atom. The molecule has 0 saturated heterocycles. The average molecular weight is 526 g/mol. The van der Waals surface area contributed by atoms with Crippen molar-refractivity contribution >= 4 is 41.3 Å². The van der Waals surface area contributed by atoms with Crippen LogP contribution in [0.4, 0.5) is 8.78 Å². The van der Waals surface area contributed by atoms with Gasteiger partial charge in [-0.05, 0) is 12.5 Å². The number of alkyl halides is 2. The first-order valence-electron chi connectivity index (χ1n) is 8.34. The largest absolute Gasteiger partial charge is 0.454 e. The van der Waals surface area contributed by atoms with Crippen LogP contribution in [0.15, 0.2) is 23.3 Å². The zero-order valence-corrected chi connectivity index (χ0v) is 18.5. The zero-order chi connectivity index (χ0) is 19.2. The van der Waals surface area contributed by atoms with Crippen molar-refractivity contribution in [2.24, 2.45) is 4.99 Å². The highest BCUT2D eigenvalue weighted by Gasteiger charge is 2.20. The lowest BCUT2D eigenvalue weighted by Gasteiger charge is -2.15. The molecule has 0 amide bonds. The molecule has 0 spiro atoms. The van der Waals surface area contributed by atoms with Crippen LogP contribution in [0.2, 0.25) is 0 Å². The Hall–Kier alpha value is -1.89. The Morgan fingerprint density at radius 2 is 2.00 bits per heavy atom. The van der Waals surface area contributed by atoms with E-state index in [2.05, 4.69) is 32.3 Å². The van der Waals surface area contributed by atoms with E-state index in [4.69, 9.17) is 9.47 Å². The summed E-state index contributed by atoms with van der Waals surface area (Å²) in [6.07, 6.45) is 2.81. The van der Waals surface area contributed by atoms with Gasteiger partial charge in [0.25, 0.3) is 0 Å². The van der Waals surface area contributed by atoms with Crippen LogP contribution >= 0.6 is 35.3 Å². The summed E-state index contributed by atoms with van der Waals surface area (Å²) in [4.78, 5) is 9.68. The standard InChI is InChI=1S/C17H20F2N4O3S.HI/c1-3-11-7-21-15(27-11)8-23-17(20-2)22-6-10-4-13-14(25-9-24-13)5-12(10)26-16(18)19;/h4-5,7,16H,3,6,8-9H2,1-2H3,(H2,20,22,23);1H. The first-order valence-corrected chi connectivity index (χ1v) is 9.16. The van der Waals surface area contributed by atoms with E-state index in [1.165, 1.54) is 10.9 Å². The van der Waals surface area contributed by atoms with Crippen molar-refractivity contribution in [3.63, 3.8) is 0 Å². The maximum atomic E-state index is 12.7. The molecule has 0 unspecified atom stereocenters. The normalized spacial score (nSPS) is 12.7. The highest BCUT2D eigenvalue weighted by atomic mass is 127. The third-order valence-electron chi connectivity index (χ3n) is 3.80. The van der Waals surface area contributed by atoms with Crippen LogP contribution in [0.1, 0.15) is 22.4 Å². The Balaban J connectivity index is 0.00000280. The molecule has 0 atom stereocenters. The van der Waals surface area contributed by atoms with Gasteiger partial charge >= 0.3 is 6.61 Å². The molecule has 2 heterocycles. The molecular weight excluding hydrogens is 505 g/mol. The predicted molar refractivity (Wildman–Crippen MR) is 113 cm³/mol. The summed E-state index contributed by atoms with van der Waals surface area (Å²) in [5.74, 6) is 1.42. The van der Waals surface area contributed by atoms with Crippen molar-refractivity contribution in [2.45, 2.75) is 33.0 Å². The number of aliphatic imine (C=N–C) groups is 1. The molecule has 3 rings (SSSR count).